The fraction of sp³-hybridized carbons (Fsp3) is 0.500. The van der Waals surface area contributed by atoms with E-state index in [2.05, 4.69) is 42.6 Å². The molecule has 0 radical (unpaired) electrons. The van der Waals surface area contributed by atoms with Crippen LogP contribution in [0.15, 0.2) is 36.7 Å². The molecule has 2 fully saturated rings. The summed E-state index contributed by atoms with van der Waals surface area (Å²) in [6.45, 7) is 11.1. The number of halogens is 1. The Labute approximate surface area is 160 Å². The predicted octanol–water partition coefficient (Wildman–Crippen LogP) is 2.08. The van der Waals surface area contributed by atoms with Crippen molar-refractivity contribution in [2.24, 2.45) is 0 Å². The highest BCUT2D eigenvalue weighted by Crippen LogP contribution is 2.22. The second-order valence-electron chi connectivity index (χ2n) is 7.11. The highest BCUT2D eigenvalue weighted by molar-refractivity contribution is 5.53. The molecular formula is C20H27FN6. The number of piperazine rings is 2. The Balaban J connectivity index is 1.38. The number of likely N-dealkylation sites (N-methyl/N-ethyl adjacent to an activating group) is 1. The van der Waals surface area contributed by atoms with Crippen LogP contribution in [-0.4, -0.2) is 73.8 Å². The average Bonchev–Trinajstić information content (AvgIpc) is 2.75. The summed E-state index contributed by atoms with van der Waals surface area (Å²) in [5.41, 5.74) is 1.08. The topological polar surface area (TPSA) is 38.7 Å². The molecule has 0 bridgehead atoms. The molecule has 2 saturated heterocycles. The number of hydrogen-bond acceptors (Lipinski definition) is 6. The van der Waals surface area contributed by atoms with Gasteiger partial charge in [-0.15, -0.1) is 0 Å². The molecule has 6 nitrogen and oxygen atoms in total. The van der Waals surface area contributed by atoms with E-state index in [0.717, 1.165) is 76.2 Å². The quantitative estimate of drug-likeness (QED) is 0.821. The van der Waals surface area contributed by atoms with Crippen molar-refractivity contribution in [3.63, 3.8) is 0 Å². The van der Waals surface area contributed by atoms with Gasteiger partial charge in [0.05, 0.1) is 0 Å². The van der Waals surface area contributed by atoms with E-state index in [-0.39, 0.29) is 5.82 Å². The van der Waals surface area contributed by atoms with E-state index < -0.39 is 0 Å². The fourth-order valence-corrected chi connectivity index (χ4v) is 3.82. The van der Waals surface area contributed by atoms with Gasteiger partial charge < -0.3 is 19.6 Å². The van der Waals surface area contributed by atoms with Crippen molar-refractivity contribution >= 4 is 17.3 Å². The summed E-state index contributed by atoms with van der Waals surface area (Å²) in [4.78, 5) is 18.4. The number of rotatable bonds is 4. The molecule has 2 aliphatic rings. The maximum atomic E-state index is 13.1. The number of benzene rings is 1. The Morgan fingerprint density at radius 3 is 1.85 bits per heavy atom. The van der Waals surface area contributed by atoms with Crippen molar-refractivity contribution in [1.82, 2.24) is 14.9 Å². The molecule has 0 amide bonds. The average molecular weight is 370 g/mol. The lowest BCUT2D eigenvalue weighted by Gasteiger charge is -2.37. The molecule has 2 aliphatic heterocycles. The zero-order valence-electron chi connectivity index (χ0n) is 15.9. The monoisotopic (exact) mass is 370 g/mol. The molecule has 0 spiro atoms. The van der Waals surface area contributed by atoms with Crippen LogP contribution in [0, 0.1) is 5.82 Å². The zero-order chi connectivity index (χ0) is 18.6. The summed E-state index contributed by atoms with van der Waals surface area (Å²) in [6.07, 6.45) is 1.68. The normalized spacial score (nSPS) is 18.8. The molecule has 0 N–H and O–H groups in total. The molecule has 4 rings (SSSR count). The SMILES string of the molecule is CCN1CCN(c2cc(N3CCN(c4ccc(F)cc4)CC3)ncn2)CC1. The van der Waals surface area contributed by atoms with Gasteiger partial charge in [-0.05, 0) is 30.8 Å². The van der Waals surface area contributed by atoms with E-state index in [1.165, 1.54) is 12.1 Å². The smallest absolute Gasteiger partial charge is 0.134 e. The Morgan fingerprint density at radius 2 is 1.30 bits per heavy atom. The first-order chi connectivity index (χ1) is 13.2. The molecule has 0 saturated carbocycles. The summed E-state index contributed by atoms with van der Waals surface area (Å²) in [5.74, 6) is 1.83. The van der Waals surface area contributed by atoms with Gasteiger partial charge in [-0.3, -0.25) is 0 Å². The molecule has 1 aromatic carbocycles. The van der Waals surface area contributed by atoms with E-state index in [4.69, 9.17) is 0 Å². The van der Waals surface area contributed by atoms with Gasteiger partial charge >= 0.3 is 0 Å². The lowest BCUT2D eigenvalue weighted by atomic mass is 10.2. The fourth-order valence-electron chi connectivity index (χ4n) is 3.82. The molecule has 3 heterocycles. The van der Waals surface area contributed by atoms with Crippen LogP contribution in [0.4, 0.5) is 21.7 Å². The summed E-state index contributed by atoms with van der Waals surface area (Å²) in [7, 11) is 0. The van der Waals surface area contributed by atoms with Gasteiger partial charge in [0.2, 0.25) is 0 Å². The van der Waals surface area contributed by atoms with Crippen molar-refractivity contribution < 1.29 is 4.39 Å². The van der Waals surface area contributed by atoms with Crippen LogP contribution in [0.3, 0.4) is 0 Å². The van der Waals surface area contributed by atoms with Crippen LogP contribution in [-0.2, 0) is 0 Å². The number of nitrogens with zero attached hydrogens (tertiary/aromatic N) is 6. The molecule has 2 aromatic rings. The third-order valence-electron chi connectivity index (χ3n) is 5.58. The lowest BCUT2D eigenvalue weighted by molar-refractivity contribution is 0.270. The van der Waals surface area contributed by atoms with Gasteiger partial charge in [0.15, 0.2) is 0 Å². The zero-order valence-corrected chi connectivity index (χ0v) is 15.9. The Bertz CT molecular complexity index is 736. The summed E-state index contributed by atoms with van der Waals surface area (Å²) in [5, 5.41) is 0. The van der Waals surface area contributed by atoms with Gasteiger partial charge in [0.25, 0.3) is 0 Å². The molecule has 0 unspecified atom stereocenters. The first-order valence-electron chi connectivity index (χ1n) is 9.78. The van der Waals surface area contributed by atoms with E-state index in [9.17, 15) is 4.39 Å². The summed E-state index contributed by atoms with van der Waals surface area (Å²) < 4.78 is 13.1. The second kappa shape index (κ2) is 8.08. The van der Waals surface area contributed by atoms with Crippen LogP contribution in [0.2, 0.25) is 0 Å². The minimum absolute atomic E-state index is 0.189. The van der Waals surface area contributed by atoms with Gasteiger partial charge in [-0.2, -0.15) is 0 Å². The van der Waals surface area contributed by atoms with Crippen LogP contribution in [0.5, 0.6) is 0 Å². The van der Waals surface area contributed by atoms with E-state index >= 15 is 0 Å². The van der Waals surface area contributed by atoms with Crippen molar-refractivity contribution in [1.29, 1.82) is 0 Å². The number of aromatic nitrogens is 2. The van der Waals surface area contributed by atoms with Crippen molar-refractivity contribution in [2.75, 3.05) is 73.6 Å². The molecule has 27 heavy (non-hydrogen) atoms. The predicted molar refractivity (Wildman–Crippen MR) is 107 cm³/mol. The largest absolute Gasteiger partial charge is 0.368 e. The highest BCUT2D eigenvalue weighted by Gasteiger charge is 2.21. The van der Waals surface area contributed by atoms with E-state index in [1.54, 1.807) is 6.33 Å². The van der Waals surface area contributed by atoms with Gasteiger partial charge in [0.1, 0.15) is 23.8 Å². The minimum atomic E-state index is -0.189. The first-order valence-corrected chi connectivity index (χ1v) is 9.78. The Morgan fingerprint density at radius 1 is 0.778 bits per heavy atom. The van der Waals surface area contributed by atoms with Crippen molar-refractivity contribution in [3.8, 4) is 0 Å². The van der Waals surface area contributed by atoms with Crippen molar-refractivity contribution in [2.45, 2.75) is 6.92 Å². The number of hydrogen-bond donors (Lipinski definition) is 0. The van der Waals surface area contributed by atoms with Crippen LogP contribution in [0.1, 0.15) is 6.92 Å². The maximum Gasteiger partial charge on any atom is 0.134 e. The highest BCUT2D eigenvalue weighted by atomic mass is 19.1. The van der Waals surface area contributed by atoms with Gasteiger partial charge in [0, 0.05) is 64.1 Å². The lowest BCUT2D eigenvalue weighted by Crippen LogP contribution is -2.47. The first kappa shape index (κ1) is 18.0. The standard InChI is InChI=1S/C20H27FN6/c1-2-24-7-9-26(10-8-24)19-15-20(23-16-22-19)27-13-11-25(12-14-27)18-5-3-17(21)4-6-18/h3-6,15-16H,2,7-14H2,1H3. The van der Waals surface area contributed by atoms with Crippen LogP contribution in [0.25, 0.3) is 0 Å². The molecule has 0 aliphatic carbocycles. The van der Waals surface area contributed by atoms with Gasteiger partial charge in [-0.1, -0.05) is 6.92 Å². The van der Waals surface area contributed by atoms with E-state index in [1.807, 2.05) is 12.1 Å². The summed E-state index contributed by atoms with van der Waals surface area (Å²) >= 11 is 0. The van der Waals surface area contributed by atoms with Crippen LogP contribution < -0.4 is 14.7 Å². The van der Waals surface area contributed by atoms with Crippen LogP contribution >= 0.6 is 0 Å². The number of anilines is 3. The third kappa shape index (κ3) is 4.13. The third-order valence-corrected chi connectivity index (χ3v) is 5.58. The van der Waals surface area contributed by atoms with Gasteiger partial charge in [-0.25, -0.2) is 14.4 Å². The second-order valence-corrected chi connectivity index (χ2v) is 7.11. The molecule has 144 valence electrons. The molecule has 7 heteroatoms. The van der Waals surface area contributed by atoms with Crippen molar-refractivity contribution in [3.05, 3.63) is 42.5 Å². The molecular weight excluding hydrogens is 343 g/mol. The summed E-state index contributed by atoms with van der Waals surface area (Å²) in [6, 6.07) is 8.87. The Kier molecular flexibility index (Phi) is 5.38. The molecule has 1 aromatic heterocycles. The molecule has 0 atom stereocenters. The van der Waals surface area contributed by atoms with E-state index in [0.29, 0.717) is 0 Å². The minimum Gasteiger partial charge on any atom is -0.368 e. The Hall–Kier alpha value is -2.41. The maximum absolute atomic E-state index is 13.1.